The van der Waals surface area contributed by atoms with Crippen LogP contribution in [0.15, 0.2) is 30.6 Å². The molecule has 0 aliphatic carbocycles. The Morgan fingerprint density at radius 1 is 1.47 bits per heavy atom. The molecule has 0 bridgehead atoms. The van der Waals surface area contributed by atoms with Gasteiger partial charge in [0.2, 0.25) is 0 Å². The van der Waals surface area contributed by atoms with Crippen molar-refractivity contribution in [3.05, 3.63) is 41.7 Å². The predicted molar refractivity (Wildman–Crippen MR) is 72.8 cm³/mol. The van der Waals surface area contributed by atoms with Crippen LogP contribution < -0.4 is 0 Å². The minimum atomic E-state index is 0.406. The maximum Gasteiger partial charge on any atom is 0.102 e. The van der Waals surface area contributed by atoms with Crippen LogP contribution in [-0.2, 0) is 11.3 Å². The van der Waals surface area contributed by atoms with Crippen LogP contribution in [0.4, 0.5) is 0 Å². The molecule has 0 N–H and O–H groups in total. The van der Waals surface area contributed by atoms with Gasteiger partial charge in [-0.15, -0.1) is 0 Å². The number of fused-ring (bicyclic) bond motifs is 1. The zero-order chi connectivity index (χ0) is 13.2. The molecule has 3 heterocycles. The first-order valence-electron chi connectivity index (χ1n) is 6.60. The summed E-state index contributed by atoms with van der Waals surface area (Å²) in [5, 5.41) is 9.39. The zero-order valence-corrected chi connectivity index (χ0v) is 11.0. The highest BCUT2D eigenvalue weighted by atomic mass is 16.5. The first-order chi connectivity index (χ1) is 9.29. The quantitative estimate of drug-likeness (QED) is 0.824. The van der Waals surface area contributed by atoms with Gasteiger partial charge in [0.1, 0.15) is 6.07 Å². The lowest BCUT2D eigenvalue weighted by atomic mass is 10.1. The van der Waals surface area contributed by atoms with E-state index in [4.69, 9.17) is 4.74 Å². The third-order valence-electron chi connectivity index (χ3n) is 3.75. The van der Waals surface area contributed by atoms with E-state index < -0.39 is 0 Å². The number of aromatic nitrogens is 1. The van der Waals surface area contributed by atoms with E-state index in [1.165, 1.54) is 0 Å². The summed E-state index contributed by atoms with van der Waals surface area (Å²) >= 11 is 0. The number of morpholine rings is 1. The SMILES string of the molecule is C[C@H]1COCCN1Cc1cn2ccccc2c1C#N. The minimum Gasteiger partial charge on any atom is -0.379 e. The highest BCUT2D eigenvalue weighted by Crippen LogP contribution is 2.21. The molecule has 1 atom stereocenters. The molecule has 2 aromatic rings. The van der Waals surface area contributed by atoms with Gasteiger partial charge in [0.05, 0.1) is 24.3 Å². The predicted octanol–water partition coefficient (Wildman–Crippen LogP) is 2.03. The van der Waals surface area contributed by atoms with Crippen molar-refractivity contribution in [1.29, 1.82) is 5.26 Å². The fourth-order valence-electron chi connectivity index (χ4n) is 2.64. The van der Waals surface area contributed by atoms with Gasteiger partial charge in [-0.3, -0.25) is 4.90 Å². The molecule has 1 aliphatic rings. The summed E-state index contributed by atoms with van der Waals surface area (Å²) in [6.45, 7) is 5.46. The van der Waals surface area contributed by atoms with E-state index in [9.17, 15) is 5.26 Å². The molecule has 0 amide bonds. The summed E-state index contributed by atoms with van der Waals surface area (Å²) in [7, 11) is 0. The number of nitriles is 1. The number of hydrogen-bond donors (Lipinski definition) is 0. The van der Waals surface area contributed by atoms with Gasteiger partial charge >= 0.3 is 0 Å². The Balaban J connectivity index is 1.94. The standard InChI is InChI=1S/C15H17N3O/c1-12-11-19-7-6-17(12)9-13-10-18-5-3-2-4-15(18)14(13)8-16/h2-5,10,12H,6-7,9,11H2,1H3/t12-/m0/s1. The molecule has 2 aromatic heterocycles. The van der Waals surface area contributed by atoms with Crippen molar-refractivity contribution < 1.29 is 4.74 Å². The lowest BCUT2D eigenvalue weighted by Gasteiger charge is -2.32. The van der Waals surface area contributed by atoms with Crippen LogP contribution in [0.2, 0.25) is 0 Å². The van der Waals surface area contributed by atoms with E-state index in [2.05, 4.69) is 24.1 Å². The number of rotatable bonds is 2. The first-order valence-corrected chi connectivity index (χ1v) is 6.60. The molecule has 0 unspecified atom stereocenters. The number of nitrogens with zero attached hydrogens (tertiary/aromatic N) is 3. The molecule has 4 heteroatoms. The van der Waals surface area contributed by atoms with Crippen LogP contribution in [-0.4, -0.2) is 35.1 Å². The van der Waals surface area contributed by atoms with Crippen molar-refractivity contribution in [3.63, 3.8) is 0 Å². The molecule has 1 aliphatic heterocycles. The fourth-order valence-corrected chi connectivity index (χ4v) is 2.64. The van der Waals surface area contributed by atoms with Crippen molar-refractivity contribution in [2.24, 2.45) is 0 Å². The minimum absolute atomic E-state index is 0.406. The number of pyridine rings is 1. The summed E-state index contributed by atoms with van der Waals surface area (Å²) in [6.07, 6.45) is 4.05. The fraction of sp³-hybridized carbons (Fsp3) is 0.400. The van der Waals surface area contributed by atoms with Gasteiger partial charge in [0, 0.05) is 37.1 Å². The Morgan fingerprint density at radius 2 is 2.37 bits per heavy atom. The lowest BCUT2D eigenvalue weighted by Crippen LogP contribution is -2.42. The summed E-state index contributed by atoms with van der Waals surface area (Å²) in [5.41, 5.74) is 2.88. The van der Waals surface area contributed by atoms with Gasteiger partial charge in [-0.25, -0.2) is 0 Å². The van der Waals surface area contributed by atoms with E-state index >= 15 is 0 Å². The molecule has 1 saturated heterocycles. The Hall–Kier alpha value is -1.83. The van der Waals surface area contributed by atoms with Crippen molar-refractivity contribution in [1.82, 2.24) is 9.30 Å². The maximum atomic E-state index is 9.39. The zero-order valence-electron chi connectivity index (χ0n) is 11.0. The van der Waals surface area contributed by atoms with Gasteiger partial charge in [0.25, 0.3) is 0 Å². The van der Waals surface area contributed by atoms with E-state index in [0.717, 1.165) is 42.9 Å². The molecule has 4 nitrogen and oxygen atoms in total. The highest BCUT2D eigenvalue weighted by molar-refractivity contribution is 5.65. The van der Waals surface area contributed by atoms with Gasteiger partial charge in [0.15, 0.2) is 0 Å². The van der Waals surface area contributed by atoms with Crippen LogP contribution in [0.3, 0.4) is 0 Å². The summed E-state index contributed by atoms with van der Waals surface area (Å²) in [5.74, 6) is 0. The summed E-state index contributed by atoms with van der Waals surface area (Å²) < 4.78 is 7.48. The van der Waals surface area contributed by atoms with Crippen LogP contribution >= 0.6 is 0 Å². The topological polar surface area (TPSA) is 40.7 Å². The smallest absolute Gasteiger partial charge is 0.102 e. The average molecular weight is 255 g/mol. The van der Waals surface area contributed by atoms with Crippen LogP contribution in [0.25, 0.3) is 5.52 Å². The third kappa shape index (κ3) is 2.23. The van der Waals surface area contributed by atoms with E-state index in [1.807, 2.05) is 28.8 Å². The molecule has 1 fully saturated rings. The largest absolute Gasteiger partial charge is 0.379 e. The van der Waals surface area contributed by atoms with Gasteiger partial charge in [-0.1, -0.05) is 6.07 Å². The second kappa shape index (κ2) is 5.04. The molecular formula is C15H17N3O. The second-order valence-corrected chi connectivity index (χ2v) is 5.03. The van der Waals surface area contributed by atoms with Crippen molar-refractivity contribution in [2.75, 3.05) is 19.8 Å². The molecule has 19 heavy (non-hydrogen) atoms. The molecular weight excluding hydrogens is 238 g/mol. The summed E-state index contributed by atoms with van der Waals surface area (Å²) in [6, 6.07) is 8.69. The van der Waals surface area contributed by atoms with E-state index in [1.54, 1.807) is 0 Å². The Bertz CT molecular complexity index is 626. The van der Waals surface area contributed by atoms with Crippen LogP contribution in [0, 0.1) is 11.3 Å². The molecule has 3 rings (SSSR count). The first kappa shape index (κ1) is 12.2. The lowest BCUT2D eigenvalue weighted by molar-refractivity contribution is -0.00438. The average Bonchev–Trinajstić information content (AvgIpc) is 2.78. The Labute approximate surface area is 112 Å². The molecule has 0 spiro atoms. The van der Waals surface area contributed by atoms with Crippen LogP contribution in [0.1, 0.15) is 18.1 Å². The van der Waals surface area contributed by atoms with Crippen molar-refractivity contribution in [2.45, 2.75) is 19.5 Å². The molecule has 0 aromatic carbocycles. The maximum absolute atomic E-state index is 9.39. The van der Waals surface area contributed by atoms with E-state index in [-0.39, 0.29) is 0 Å². The van der Waals surface area contributed by atoms with Crippen LogP contribution in [0.5, 0.6) is 0 Å². The van der Waals surface area contributed by atoms with E-state index in [0.29, 0.717) is 6.04 Å². The second-order valence-electron chi connectivity index (χ2n) is 5.03. The van der Waals surface area contributed by atoms with Gasteiger partial charge in [-0.2, -0.15) is 5.26 Å². The van der Waals surface area contributed by atoms with Crippen molar-refractivity contribution >= 4 is 5.52 Å². The van der Waals surface area contributed by atoms with Gasteiger partial charge < -0.3 is 9.14 Å². The summed E-state index contributed by atoms with van der Waals surface area (Å²) in [4.78, 5) is 2.37. The Kier molecular flexibility index (Phi) is 3.24. The molecule has 0 radical (unpaired) electrons. The number of ether oxygens (including phenoxy) is 1. The van der Waals surface area contributed by atoms with Crippen molar-refractivity contribution in [3.8, 4) is 6.07 Å². The molecule has 0 saturated carbocycles. The highest BCUT2D eigenvalue weighted by Gasteiger charge is 2.21. The Morgan fingerprint density at radius 3 is 3.16 bits per heavy atom. The third-order valence-corrected chi connectivity index (χ3v) is 3.75. The van der Waals surface area contributed by atoms with Gasteiger partial charge in [-0.05, 0) is 19.1 Å². The normalized spacial score (nSPS) is 20.5. The monoisotopic (exact) mass is 255 g/mol. The number of hydrogen-bond acceptors (Lipinski definition) is 3. The molecule has 98 valence electrons.